The number of hydrogen-bond donors (Lipinski definition) is 3. The monoisotopic (exact) mass is 330 g/mol. The fourth-order valence-corrected chi connectivity index (χ4v) is 2.99. The van der Waals surface area contributed by atoms with E-state index in [-0.39, 0.29) is 6.10 Å². The van der Waals surface area contributed by atoms with Gasteiger partial charge in [-0.1, -0.05) is 25.1 Å². The van der Waals surface area contributed by atoms with E-state index in [1.807, 2.05) is 6.20 Å². The third-order valence-corrected chi connectivity index (χ3v) is 4.33. The summed E-state index contributed by atoms with van der Waals surface area (Å²) in [4.78, 5) is 3.32. The van der Waals surface area contributed by atoms with Crippen LogP contribution in [0.1, 0.15) is 30.9 Å². The largest absolute Gasteiger partial charge is 0.376 e. The van der Waals surface area contributed by atoms with Gasteiger partial charge in [0.1, 0.15) is 0 Å². The smallest absolute Gasteiger partial charge is 0.187 e. The Morgan fingerprint density at radius 1 is 1.52 bits per heavy atom. The summed E-state index contributed by atoms with van der Waals surface area (Å²) in [6.07, 6.45) is 7.25. The molecule has 0 saturated carbocycles. The van der Waals surface area contributed by atoms with Gasteiger partial charge in [0.05, 0.1) is 12.3 Å². The van der Waals surface area contributed by atoms with Gasteiger partial charge in [-0.3, -0.25) is 5.43 Å². The second kappa shape index (κ2) is 7.57. The van der Waals surface area contributed by atoms with E-state index in [4.69, 9.17) is 17.0 Å². The van der Waals surface area contributed by atoms with Gasteiger partial charge < -0.3 is 15.0 Å². The predicted molar refractivity (Wildman–Crippen MR) is 98.0 cm³/mol. The first kappa shape index (κ1) is 16.0. The van der Waals surface area contributed by atoms with Crippen LogP contribution in [0.2, 0.25) is 0 Å². The van der Waals surface area contributed by atoms with Crippen molar-refractivity contribution in [1.29, 1.82) is 0 Å². The first-order chi connectivity index (χ1) is 11.3. The van der Waals surface area contributed by atoms with Gasteiger partial charge in [-0.05, 0) is 37.0 Å². The molecule has 1 aromatic carbocycles. The summed E-state index contributed by atoms with van der Waals surface area (Å²) in [5.74, 6) is 0. The number of H-pyrrole nitrogens is 1. The number of ether oxygens (including phenoxy) is 1. The van der Waals surface area contributed by atoms with Crippen molar-refractivity contribution in [2.75, 3.05) is 13.2 Å². The number of rotatable bonds is 5. The first-order valence-corrected chi connectivity index (χ1v) is 8.46. The van der Waals surface area contributed by atoms with Crippen molar-refractivity contribution in [3.05, 3.63) is 35.5 Å². The highest BCUT2D eigenvalue weighted by Gasteiger charge is 2.15. The number of hydrazone groups is 1. The maximum absolute atomic E-state index is 5.54. The second-order valence-corrected chi connectivity index (χ2v) is 6.06. The van der Waals surface area contributed by atoms with Crippen molar-refractivity contribution in [2.24, 2.45) is 5.10 Å². The van der Waals surface area contributed by atoms with E-state index >= 15 is 0 Å². The second-order valence-electron chi connectivity index (χ2n) is 5.65. The zero-order valence-corrected chi connectivity index (χ0v) is 14.1. The van der Waals surface area contributed by atoms with Crippen molar-refractivity contribution in [3.63, 3.8) is 0 Å². The minimum absolute atomic E-state index is 0.264. The van der Waals surface area contributed by atoms with Crippen molar-refractivity contribution < 1.29 is 4.74 Å². The Bertz CT molecular complexity index is 704. The summed E-state index contributed by atoms with van der Waals surface area (Å²) in [6, 6.07) is 6.32. The van der Waals surface area contributed by atoms with Crippen LogP contribution in [-0.4, -0.2) is 35.6 Å². The number of nitrogens with zero attached hydrogens (tertiary/aromatic N) is 1. The van der Waals surface area contributed by atoms with E-state index in [0.717, 1.165) is 38.0 Å². The zero-order valence-electron chi connectivity index (χ0n) is 13.3. The van der Waals surface area contributed by atoms with Crippen LogP contribution in [0, 0.1) is 0 Å². The summed E-state index contributed by atoms with van der Waals surface area (Å²) >= 11 is 5.22. The zero-order chi connectivity index (χ0) is 16.1. The highest BCUT2D eigenvalue weighted by Crippen LogP contribution is 2.20. The topological polar surface area (TPSA) is 61.4 Å². The molecule has 1 aromatic heterocycles. The van der Waals surface area contributed by atoms with Crippen LogP contribution in [0.5, 0.6) is 0 Å². The van der Waals surface area contributed by atoms with Crippen molar-refractivity contribution >= 4 is 34.4 Å². The molecule has 6 heteroatoms. The van der Waals surface area contributed by atoms with Gasteiger partial charge in [-0.15, -0.1) is 0 Å². The lowest BCUT2D eigenvalue weighted by molar-refractivity contribution is 0.114. The SMILES string of the molecule is CCc1cccc2c(/C=N/NC(=S)NC[C@H]3CCCO3)c[nH]c12. The Morgan fingerprint density at radius 3 is 3.22 bits per heavy atom. The van der Waals surface area contributed by atoms with Gasteiger partial charge in [-0.2, -0.15) is 5.10 Å². The van der Waals surface area contributed by atoms with E-state index in [0.29, 0.717) is 5.11 Å². The molecular weight excluding hydrogens is 308 g/mol. The van der Waals surface area contributed by atoms with Gasteiger partial charge in [0, 0.05) is 35.8 Å². The molecule has 3 N–H and O–H groups in total. The number of para-hydroxylation sites is 1. The minimum Gasteiger partial charge on any atom is -0.376 e. The van der Waals surface area contributed by atoms with Gasteiger partial charge in [0.15, 0.2) is 5.11 Å². The number of nitrogens with one attached hydrogen (secondary N) is 3. The number of aromatic amines is 1. The highest BCUT2D eigenvalue weighted by atomic mass is 32.1. The van der Waals surface area contributed by atoms with Crippen LogP contribution in [-0.2, 0) is 11.2 Å². The molecule has 0 aliphatic carbocycles. The number of fused-ring (bicyclic) bond motifs is 1. The third kappa shape index (κ3) is 3.89. The van der Waals surface area contributed by atoms with Gasteiger partial charge >= 0.3 is 0 Å². The molecule has 1 aliphatic rings. The van der Waals surface area contributed by atoms with Crippen molar-refractivity contribution in [2.45, 2.75) is 32.3 Å². The summed E-state index contributed by atoms with van der Waals surface area (Å²) < 4.78 is 5.54. The minimum atomic E-state index is 0.264. The van der Waals surface area contributed by atoms with Crippen LogP contribution in [0.25, 0.3) is 10.9 Å². The summed E-state index contributed by atoms with van der Waals surface area (Å²) in [5, 5.41) is 9.05. The van der Waals surface area contributed by atoms with Crippen LogP contribution < -0.4 is 10.7 Å². The Hall–Kier alpha value is -1.92. The van der Waals surface area contributed by atoms with E-state index in [1.54, 1.807) is 6.21 Å². The van der Waals surface area contributed by atoms with E-state index < -0.39 is 0 Å². The maximum atomic E-state index is 5.54. The summed E-state index contributed by atoms with van der Waals surface area (Å²) in [6.45, 7) is 3.74. The Morgan fingerprint density at radius 2 is 2.43 bits per heavy atom. The average Bonchev–Trinajstić information content (AvgIpc) is 3.22. The molecule has 1 fully saturated rings. The lowest BCUT2D eigenvalue weighted by atomic mass is 10.1. The molecule has 0 spiro atoms. The standard InChI is InChI=1S/C17H22N4OS/c1-2-12-5-3-7-15-13(9-18-16(12)15)10-20-21-17(23)19-11-14-6-4-8-22-14/h3,5,7,9-10,14,18H,2,4,6,8,11H2,1H3,(H2,19,21,23)/b20-10+/t14-/m1/s1. The van der Waals surface area contributed by atoms with Crippen LogP contribution in [0.3, 0.4) is 0 Å². The molecule has 122 valence electrons. The molecule has 1 saturated heterocycles. The van der Waals surface area contributed by atoms with Crippen molar-refractivity contribution in [3.8, 4) is 0 Å². The van der Waals surface area contributed by atoms with Crippen molar-refractivity contribution in [1.82, 2.24) is 15.7 Å². The Labute approximate surface area is 141 Å². The van der Waals surface area contributed by atoms with Gasteiger partial charge in [0.25, 0.3) is 0 Å². The fraction of sp³-hybridized carbons (Fsp3) is 0.412. The lowest BCUT2D eigenvalue weighted by Crippen LogP contribution is -2.37. The Balaban J connectivity index is 1.56. The maximum Gasteiger partial charge on any atom is 0.187 e. The molecule has 1 atom stereocenters. The molecular formula is C17H22N4OS. The molecule has 1 aliphatic heterocycles. The Kier molecular flexibility index (Phi) is 5.25. The molecule has 23 heavy (non-hydrogen) atoms. The summed E-state index contributed by atoms with van der Waals surface area (Å²) in [5.41, 5.74) is 6.39. The highest BCUT2D eigenvalue weighted by molar-refractivity contribution is 7.80. The van der Waals surface area contributed by atoms with Crippen LogP contribution in [0.4, 0.5) is 0 Å². The number of benzene rings is 1. The van der Waals surface area contributed by atoms with Crippen LogP contribution >= 0.6 is 12.2 Å². The average molecular weight is 330 g/mol. The third-order valence-electron chi connectivity index (χ3n) is 4.10. The number of aryl methyl sites for hydroxylation is 1. The first-order valence-electron chi connectivity index (χ1n) is 8.05. The molecule has 3 rings (SSSR count). The molecule has 0 bridgehead atoms. The van der Waals surface area contributed by atoms with Gasteiger partial charge in [0.2, 0.25) is 0 Å². The van der Waals surface area contributed by atoms with Gasteiger partial charge in [-0.25, -0.2) is 0 Å². The summed E-state index contributed by atoms with van der Waals surface area (Å²) in [7, 11) is 0. The normalized spacial score (nSPS) is 17.9. The molecule has 2 heterocycles. The molecule has 0 amide bonds. The molecule has 2 aromatic rings. The quantitative estimate of drug-likeness (QED) is 0.448. The number of aromatic nitrogens is 1. The van der Waals surface area contributed by atoms with E-state index in [2.05, 4.69) is 46.0 Å². The lowest BCUT2D eigenvalue weighted by Gasteiger charge is -2.11. The van der Waals surface area contributed by atoms with E-state index in [1.165, 1.54) is 16.5 Å². The predicted octanol–water partition coefficient (Wildman–Crippen LogP) is 2.71. The van der Waals surface area contributed by atoms with E-state index in [9.17, 15) is 0 Å². The fourth-order valence-electron chi connectivity index (χ4n) is 2.85. The van der Waals surface area contributed by atoms with Crippen LogP contribution in [0.15, 0.2) is 29.5 Å². The number of hydrogen-bond acceptors (Lipinski definition) is 3. The molecule has 0 radical (unpaired) electrons. The molecule has 5 nitrogen and oxygen atoms in total. The number of thiocarbonyl (C=S) groups is 1. The molecule has 0 unspecified atom stereocenters.